The number of likely N-dealkylation sites (tertiary alicyclic amines) is 1. The van der Waals surface area contributed by atoms with E-state index in [1.54, 1.807) is 23.1 Å². The summed E-state index contributed by atoms with van der Waals surface area (Å²) in [5.74, 6) is -0.922. The third-order valence-corrected chi connectivity index (χ3v) is 4.15. The quantitative estimate of drug-likeness (QED) is 0.751. The van der Waals surface area contributed by atoms with Gasteiger partial charge in [-0.25, -0.2) is 0 Å². The summed E-state index contributed by atoms with van der Waals surface area (Å²) < 4.78 is 36.9. The van der Waals surface area contributed by atoms with E-state index in [-0.39, 0.29) is 12.5 Å². The predicted molar refractivity (Wildman–Crippen MR) is 92.7 cm³/mol. The van der Waals surface area contributed by atoms with E-state index in [9.17, 15) is 22.8 Å². The third kappa shape index (κ3) is 5.59. The van der Waals surface area contributed by atoms with Gasteiger partial charge in [-0.2, -0.15) is 13.2 Å². The lowest BCUT2D eigenvalue weighted by molar-refractivity contribution is -0.141. The monoisotopic (exact) mass is 369 g/mol. The fraction of sp³-hybridized carbons (Fsp3) is 0.444. The highest BCUT2D eigenvalue weighted by Gasteiger charge is 2.35. The Morgan fingerprint density at radius 1 is 1.31 bits per heavy atom. The standard InChI is InChI=1S/C18H22F3N3O2/c1-2-10-24(14-7-4-3-5-8-14)16(25)12-23-11-6-9-15(23)17(26)22-13-18(19,20)21/h2-5,7-8,15H,1,6,9-13H2,(H,22,26). The van der Waals surface area contributed by atoms with E-state index in [4.69, 9.17) is 0 Å². The van der Waals surface area contributed by atoms with Gasteiger partial charge in [0.1, 0.15) is 6.54 Å². The van der Waals surface area contributed by atoms with Crippen molar-refractivity contribution in [3.8, 4) is 0 Å². The van der Waals surface area contributed by atoms with Crippen LogP contribution in [0.5, 0.6) is 0 Å². The van der Waals surface area contributed by atoms with Crippen LogP contribution in [0.2, 0.25) is 0 Å². The summed E-state index contributed by atoms with van der Waals surface area (Å²) >= 11 is 0. The minimum Gasteiger partial charge on any atom is -0.346 e. The fourth-order valence-electron chi connectivity index (χ4n) is 2.96. The van der Waals surface area contributed by atoms with Crippen molar-refractivity contribution in [3.05, 3.63) is 43.0 Å². The van der Waals surface area contributed by atoms with Crippen LogP contribution in [-0.2, 0) is 9.59 Å². The van der Waals surface area contributed by atoms with Crippen LogP contribution in [-0.4, -0.2) is 55.1 Å². The molecule has 0 saturated carbocycles. The van der Waals surface area contributed by atoms with Gasteiger partial charge < -0.3 is 10.2 Å². The minimum atomic E-state index is -4.46. The number of carbonyl (C=O) groups is 2. The molecule has 0 spiro atoms. The van der Waals surface area contributed by atoms with Gasteiger partial charge in [0.05, 0.1) is 12.6 Å². The first-order valence-electron chi connectivity index (χ1n) is 8.36. The van der Waals surface area contributed by atoms with E-state index in [2.05, 4.69) is 6.58 Å². The molecule has 1 atom stereocenters. The van der Waals surface area contributed by atoms with Gasteiger partial charge in [0.2, 0.25) is 11.8 Å². The zero-order valence-electron chi connectivity index (χ0n) is 14.3. The molecule has 0 aromatic heterocycles. The Bertz CT molecular complexity index is 634. The average Bonchev–Trinajstić information content (AvgIpc) is 3.05. The Hall–Kier alpha value is -2.35. The molecule has 5 nitrogen and oxygen atoms in total. The van der Waals surface area contributed by atoms with Gasteiger partial charge in [-0.1, -0.05) is 24.3 Å². The molecule has 1 saturated heterocycles. The van der Waals surface area contributed by atoms with Gasteiger partial charge in [-0.3, -0.25) is 14.5 Å². The SMILES string of the molecule is C=CCN(C(=O)CN1CCCC1C(=O)NCC(F)(F)F)c1ccccc1. The molecular formula is C18H22F3N3O2. The van der Waals surface area contributed by atoms with Gasteiger partial charge in [-0.15, -0.1) is 6.58 Å². The molecule has 1 aliphatic rings. The van der Waals surface area contributed by atoms with Crippen LogP contribution >= 0.6 is 0 Å². The molecule has 8 heteroatoms. The van der Waals surface area contributed by atoms with Crippen molar-refractivity contribution in [1.29, 1.82) is 0 Å². The molecule has 0 bridgehead atoms. The Balaban J connectivity index is 2.01. The van der Waals surface area contributed by atoms with Gasteiger partial charge in [0.25, 0.3) is 0 Å². The van der Waals surface area contributed by atoms with Gasteiger partial charge >= 0.3 is 6.18 Å². The lowest BCUT2D eigenvalue weighted by atomic mass is 10.2. The third-order valence-electron chi connectivity index (χ3n) is 4.15. The number of alkyl halides is 3. The van der Waals surface area contributed by atoms with Gasteiger partial charge in [0.15, 0.2) is 0 Å². The topological polar surface area (TPSA) is 52.7 Å². The van der Waals surface area contributed by atoms with Crippen LogP contribution in [0.1, 0.15) is 12.8 Å². The molecule has 2 amide bonds. The van der Waals surface area contributed by atoms with Crippen molar-refractivity contribution in [3.63, 3.8) is 0 Å². The summed E-state index contributed by atoms with van der Waals surface area (Å²) in [5, 5.41) is 1.91. The number of anilines is 1. The van der Waals surface area contributed by atoms with E-state index in [0.717, 1.165) is 0 Å². The van der Waals surface area contributed by atoms with Crippen LogP contribution in [0, 0.1) is 0 Å². The van der Waals surface area contributed by atoms with Gasteiger partial charge in [-0.05, 0) is 31.5 Å². The Morgan fingerprint density at radius 3 is 2.62 bits per heavy atom. The van der Waals surface area contributed by atoms with Crippen LogP contribution in [0.15, 0.2) is 43.0 Å². The van der Waals surface area contributed by atoms with E-state index < -0.39 is 24.7 Å². The highest BCUT2D eigenvalue weighted by Crippen LogP contribution is 2.20. The van der Waals surface area contributed by atoms with E-state index in [0.29, 0.717) is 31.6 Å². The average molecular weight is 369 g/mol. The van der Waals surface area contributed by atoms with Crippen molar-refractivity contribution >= 4 is 17.5 Å². The first-order chi connectivity index (χ1) is 12.3. The number of halogens is 3. The summed E-state index contributed by atoms with van der Waals surface area (Å²) in [4.78, 5) is 27.9. The van der Waals surface area contributed by atoms with Crippen LogP contribution in [0.4, 0.5) is 18.9 Å². The number of carbonyl (C=O) groups excluding carboxylic acids is 2. The number of benzene rings is 1. The molecule has 26 heavy (non-hydrogen) atoms. The fourth-order valence-corrected chi connectivity index (χ4v) is 2.96. The molecule has 2 rings (SSSR count). The maximum Gasteiger partial charge on any atom is 0.405 e. The highest BCUT2D eigenvalue weighted by atomic mass is 19.4. The zero-order chi connectivity index (χ0) is 19.2. The lowest BCUT2D eigenvalue weighted by Gasteiger charge is -2.27. The Labute approximate surface area is 150 Å². The summed E-state index contributed by atoms with van der Waals surface area (Å²) in [6, 6.07) is 8.31. The molecule has 1 unspecified atom stereocenters. The number of hydrogen-bond acceptors (Lipinski definition) is 3. The second kappa shape index (κ2) is 8.84. The van der Waals surface area contributed by atoms with Crippen molar-refractivity contribution in [2.45, 2.75) is 25.1 Å². The van der Waals surface area contributed by atoms with Crippen molar-refractivity contribution in [2.24, 2.45) is 0 Å². The summed E-state index contributed by atoms with van der Waals surface area (Å²) in [7, 11) is 0. The first-order valence-corrected chi connectivity index (χ1v) is 8.36. The summed E-state index contributed by atoms with van der Waals surface area (Å²) in [5.41, 5.74) is 0.703. The number of hydrogen-bond donors (Lipinski definition) is 1. The maximum atomic E-state index is 12.7. The van der Waals surface area contributed by atoms with Crippen LogP contribution < -0.4 is 10.2 Å². The minimum absolute atomic E-state index is 0.0349. The normalized spacial score (nSPS) is 17.7. The number of nitrogens with zero attached hydrogens (tertiary/aromatic N) is 2. The van der Waals surface area contributed by atoms with Crippen molar-refractivity contribution in [1.82, 2.24) is 10.2 Å². The summed E-state index contributed by atoms with van der Waals surface area (Å²) in [6.45, 7) is 3.05. The smallest absolute Gasteiger partial charge is 0.346 e. The molecule has 1 aromatic carbocycles. The van der Waals surface area contributed by atoms with Crippen LogP contribution in [0.25, 0.3) is 0 Å². The highest BCUT2D eigenvalue weighted by molar-refractivity contribution is 5.95. The lowest BCUT2D eigenvalue weighted by Crippen LogP contribution is -2.49. The zero-order valence-corrected chi connectivity index (χ0v) is 14.3. The number of para-hydroxylation sites is 1. The molecule has 0 aliphatic carbocycles. The second-order valence-electron chi connectivity index (χ2n) is 6.09. The molecule has 142 valence electrons. The predicted octanol–water partition coefficient (Wildman–Crippen LogP) is 2.35. The molecule has 1 aromatic rings. The van der Waals surface area contributed by atoms with Crippen molar-refractivity contribution in [2.75, 3.05) is 31.1 Å². The number of rotatable bonds is 7. The van der Waals surface area contributed by atoms with E-state index in [1.807, 2.05) is 23.5 Å². The molecule has 1 fully saturated rings. The number of nitrogens with one attached hydrogen (secondary N) is 1. The van der Waals surface area contributed by atoms with Crippen LogP contribution in [0.3, 0.4) is 0 Å². The molecule has 1 aliphatic heterocycles. The first kappa shape index (κ1) is 20.0. The van der Waals surface area contributed by atoms with E-state index >= 15 is 0 Å². The maximum absolute atomic E-state index is 12.7. The largest absolute Gasteiger partial charge is 0.405 e. The second-order valence-corrected chi connectivity index (χ2v) is 6.09. The Morgan fingerprint density at radius 2 is 2.00 bits per heavy atom. The molecule has 0 radical (unpaired) electrons. The van der Waals surface area contributed by atoms with Crippen molar-refractivity contribution < 1.29 is 22.8 Å². The summed E-state index contributed by atoms with van der Waals surface area (Å²) in [6.07, 6.45) is -1.76. The molecule has 1 N–H and O–H groups in total. The van der Waals surface area contributed by atoms with E-state index in [1.165, 1.54) is 4.90 Å². The molecular weight excluding hydrogens is 347 g/mol. The Kier molecular flexibility index (Phi) is 6.79. The molecule has 1 heterocycles. The van der Waals surface area contributed by atoms with Gasteiger partial charge in [0, 0.05) is 12.2 Å². The number of amides is 2.